The van der Waals surface area contributed by atoms with Crippen LogP contribution in [0, 0.1) is 0 Å². The Labute approximate surface area is 129 Å². The number of rotatable bonds is 7. The van der Waals surface area contributed by atoms with E-state index in [0.717, 1.165) is 11.3 Å². The van der Waals surface area contributed by atoms with Crippen LogP contribution in [0.5, 0.6) is 0 Å². The molecule has 118 valence electrons. The highest BCUT2D eigenvalue weighted by molar-refractivity contribution is 5.88. The van der Waals surface area contributed by atoms with Crippen LogP contribution in [0.4, 0.5) is 5.69 Å². The SMILES string of the molecule is CN(C)c1ccc(C=CC=C(C[C@H](N)C(=O)O)C(=O)O)cc1. The molecule has 0 bridgehead atoms. The maximum absolute atomic E-state index is 11.1. The van der Waals surface area contributed by atoms with E-state index in [1.807, 2.05) is 43.3 Å². The lowest BCUT2D eigenvalue weighted by atomic mass is 10.1. The molecule has 0 aliphatic heterocycles. The minimum Gasteiger partial charge on any atom is -0.480 e. The standard InChI is InChI=1S/C16H20N2O4/c1-18(2)13-8-6-11(7-9-13)4-3-5-12(15(19)20)10-14(17)16(21)22/h3-9,14H,10,17H2,1-2H3,(H,19,20)(H,21,22)/t14-/m0/s1. The molecule has 0 aliphatic rings. The zero-order valence-corrected chi connectivity index (χ0v) is 12.6. The molecule has 0 fully saturated rings. The van der Waals surface area contributed by atoms with Crippen molar-refractivity contribution in [3.63, 3.8) is 0 Å². The summed E-state index contributed by atoms with van der Waals surface area (Å²) in [5, 5.41) is 17.8. The molecule has 0 aromatic heterocycles. The first-order valence-electron chi connectivity index (χ1n) is 6.67. The predicted molar refractivity (Wildman–Crippen MR) is 85.8 cm³/mol. The quantitative estimate of drug-likeness (QED) is 0.522. The summed E-state index contributed by atoms with van der Waals surface area (Å²) >= 11 is 0. The number of anilines is 1. The molecule has 4 N–H and O–H groups in total. The number of hydrogen-bond donors (Lipinski definition) is 3. The summed E-state index contributed by atoms with van der Waals surface area (Å²) in [6.07, 6.45) is 4.46. The summed E-state index contributed by atoms with van der Waals surface area (Å²) in [7, 11) is 3.89. The highest BCUT2D eigenvalue weighted by Crippen LogP contribution is 2.13. The number of hydrogen-bond acceptors (Lipinski definition) is 4. The molecule has 22 heavy (non-hydrogen) atoms. The molecule has 0 saturated carbocycles. The van der Waals surface area contributed by atoms with Crippen molar-refractivity contribution in [2.45, 2.75) is 12.5 Å². The number of carboxylic acid groups (broad SMARTS) is 2. The fourth-order valence-corrected chi connectivity index (χ4v) is 1.71. The lowest BCUT2D eigenvalue weighted by Crippen LogP contribution is -2.31. The molecule has 1 rings (SSSR count). The van der Waals surface area contributed by atoms with Gasteiger partial charge in [0, 0.05) is 31.8 Å². The summed E-state index contributed by atoms with van der Waals surface area (Å²) in [6, 6.07) is 6.48. The highest BCUT2D eigenvalue weighted by atomic mass is 16.4. The van der Waals surface area contributed by atoms with Gasteiger partial charge in [-0.25, -0.2) is 4.79 Å². The lowest BCUT2D eigenvalue weighted by Gasteiger charge is -2.11. The first-order valence-corrected chi connectivity index (χ1v) is 6.67. The number of carboxylic acids is 2. The van der Waals surface area contributed by atoms with E-state index in [2.05, 4.69) is 0 Å². The van der Waals surface area contributed by atoms with Gasteiger partial charge in [0.05, 0.1) is 0 Å². The molecule has 0 saturated heterocycles. The lowest BCUT2D eigenvalue weighted by molar-refractivity contribution is -0.138. The predicted octanol–water partition coefficient (Wildman–Crippen LogP) is 1.58. The summed E-state index contributed by atoms with van der Waals surface area (Å²) in [4.78, 5) is 23.7. The van der Waals surface area contributed by atoms with Gasteiger partial charge in [0.2, 0.25) is 0 Å². The van der Waals surface area contributed by atoms with Crippen LogP contribution in [0.25, 0.3) is 6.08 Å². The minimum atomic E-state index is -1.23. The fourth-order valence-electron chi connectivity index (χ4n) is 1.71. The maximum Gasteiger partial charge on any atom is 0.331 e. The number of nitrogens with two attached hydrogens (primary N) is 1. The van der Waals surface area contributed by atoms with Crippen molar-refractivity contribution in [3.8, 4) is 0 Å². The van der Waals surface area contributed by atoms with Crippen molar-refractivity contribution >= 4 is 23.7 Å². The first kappa shape index (κ1) is 17.5. The Kier molecular flexibility index (Phi) is 6.34. The normalized spacial score (nSPS) is 13.1. The molecule has 1 atom stereocenters. The fraction of sp³-hybridized carbons (Fsp3) is 0.250. The molecular formula is C16H20N2O4. The largest absolute Gasteiger partial charge is 0.480 e. The van der Waals surface area contributed by atoms with Crippen molar-refractivity contribution in [2.75, 3.05) is 19.0 Å². The van der Waals surface area contributed by atoms with E-state index < -0.39 is 18.0 Å². The average molecular weight is 304 g/mol. The van der Waals surface area contributed by atoms with Gasteiger partial charge in [-0.05, 0) is 17.7 Å². The van der Waals surface area contributed by atoms with Crippen LogP contribution in [0.1, 0.15) is 12.0 Å². The molecule has 0 heterocycles. The van der Waals surface area contributed by atoms with Crippen molar-refractivity contribution < 1.29 is 19.8 Å². The van der Waals surface area contributed by atoms with Crippen LogP contribution in [0.3, 0.4) is 0 Å². The third-order valence-electron chi connectivity index (χ3n) is 3.03. The maximum atomic E-state index is 11.1. The zero-order valence-electron chi connectivity index (χ0n) is 12.6. The first-order chi connectivity index (χ1) is 10.3. The third-order valence-corrected chi connectivity index (χ3v) is 3.03. The molecule has 6 heteroatoms. The van der Waals surface area contributed by atoms with E-state index in [-0.39, 0.29) is 12.0 Å². The monoisotopic (exact) mass is 304 g/mol. The van der Waals surface area contributed by atoms with Crippen molar-refractivity contribution in [2.24, 2.45) is 5.73 Å². The second kappa shape index (κ2) is 7.99. The van der Waals surface area contributed by atoms with Gasteiger partial charge in [-0.3, -0.25) is 4.79 Å². The Morgan fingerprint density at radius 3 is 2.27 bits per heavy atom. The van der Waals surface area contributed by atoms with Crippen LogP contribution >= 0.6 is 0 Å². The molecule has 0 amide bonds. The molecule has 0 spiro atoms. The topological polar surface area (TPSA) is 104 Å². The van der Waals surface area contributed by atoms with Gasteiger partial charge in [-0.1, -0.05) is 30.4 Å². The second-order valence-electron chi connectivity index (χ2n) is 4.99. The molecule has 0 unspecified atom stereocenters. The molecule has 0 radical (unpaired) electrons. The van der Waals surface area contributed by atoms with Gasteiger partial charge in [0.15, 0.2) is 0 Å². The van der Waals surface area contributed by atoms with Gasteiger partial charge >= 0.3 is 11.9 Å². The third kappa shape index (κ3) is 5.41. The highest BCUT2D eigenvalue weighted by Gasteiger charge is 2.17. The average Bonchev–Trinajstić information content (AvgIpc) is 2.46. The number of benzene rings is 1. The summed E-state index contributed by atoms with van der Waals surface area (Å²) in [5.41, 5.74) is 7.28. The van der Waals surface area contributed by atoms with Crippen molar-refractivity contribution in [1.29, 1.82) is 0 Å². The molecule has 1 aromatic carbocycles. The van der Waals surface area contributed by atoms with E-state index in [1.165, 1.54) is 6.08 Å². The van der Waals surface area contributed by atoms with Gasteiger partial charge in [0.1, 0.15) is 6.04 Å². The van der Waals surface area contributed by atoms with Crippen LogP contribution in [0.15, 0.2) is 42.0 Å². The van der Waals surface area contributed by atoms with Crippen LogP contribution in [0.2, 0.25) is 0 Å². The Bertz CT molecular complexity index is 589. The van der Waals surface area contributed by atoms with Crippen molar-refractivity contribution in [1.82, 2.24) is 0 Å². The molecule has 0 aliphatic carbocycles. The van der Waals surface area contributed by atoms with Crippen LogP contribution < -0.4 is 10.6 Å². The summed E-state index contributed by atoms with van der Waals surface area (Å²) in [6.45, 7) is 0. The van der Waals surface area contributed by atoms with Gasteiger partial charge < -0.3 is 20.8 Å². The van der Waals surface area contributed by atoms with Gasteiger partial charge in [0.25, 0.3) is 0 Å². The molecular weight excluding hydrogens is 284 g/mol. The summed E-state index contributed by atoms with van der Waals surface area (Å²) < 4.78 is 0. The van der Waals surface area contributed by atoms with E-state index in [9.17, 15) is 9.59 Å². The Hall–Kier alpha value is -2.60. The number of allylic oxidation sites excluding steroid dienone is 2. The van der Waals surface area contributed by atoms with Crippen molar-refractivity contribution in [3.05, 3.63) is 47.6 Å². The Balaban J connectivity index is 2.81. The van der Waals surface area contributed by atoms with Gasteiger partial charge in [-0.15, -0.1) is 0 Å². The minimum absolute atomic E-state index is 0.0453. The Morgan fingerprint density at radius 1 is 1.23 bits per heavy atom. The van der Waals surface area contributed by atoms with E-state index >= 15 is 0 Å². The van der Waals surface area contributed by atoms with Gasteiger partial charge in [-0.2, -0.15) is 0 Å². The van der Waals surface area contributed by atoms with E-state index in [4.69, 9.17) is 15.9 Å². The van der Waals surface area contributed by atoms with E-state index in [0.29, 0.717) is 0 Å². The summed E-state index contributed by atoms with van der Waals surface area (Å²) in [5.74, 6) is -2.40. The number of aliphatic carboxylic acids is 2. The smallest absolute Gasteiger partial charge is 0.331 e. The van der Waals surface area contributed by atoms with Crippen LogP contribution in [-0.4, -0.2) is 42.3 Å². The second-order valence-corrected chi connectivity index (χ2v) is 4.99. The van der Waals surface area contributed by atoms with E-state index in [1.54, 1.807) is 12.2 Å². The van der Waals surface area contributed by atoms with Crippen LogP contribution in [-0.2, 0) is 9.59 Å². The molecule has 6 nitrogen and oxygen atoms in total. The Morgan fingerprint density at radius 2 is 1.82 bits per heavy atom. The molecule has 1 aromatic rings. The zero-order chi connectivity index (χ0) is 16.7. The number of carbonyl (C=O) groups is 2. The number of nitrogens with zero attached hydrogens (tertiary/aromatic N) is 1.